The molecule has 0 fully saturated rings. The van der Waals surface area contributed by atoms with E-state index in [-0.39, 0.29) is 12.1 Å². The van der Waals surface area contributed by atoms with E-state index < -0.39 is 0 Å². The molecule has 2 aromatic heterocycles. The fourth-order valence-corrected chi connectivity index (χ4v) is 2.92. The third kappa shape index (κ3) is 3.65. The van der Waals surface area contributed by atoms with Crippen LogP contribution in [0.5, 0.6) is 0 Å². The lowest BCUT2D eigenvalue weighted by molar-refractivity contribution is 0.200. The van der Waals surface area contributed by atoms with Gasteiger partial charge in [-0.3, -0.25) is 4.68 Å². The van der Waals surface area contributed by atoms with Gasteiger partial charge in [-0.05, 0) is 37.1 Å². The Morgan fingerprint density at radius 1 is 1.40 bits per heavy atom. The monoisotopic (exact) mass is 340 g/mol. The van der Waals surface area contributed by atoms with E-state index in [9.17, 15) is 4.79 Å². The van der Waals surface area contributed by atoms with Gasteiger partial charge in [-0.1, -0.05) is 13.0 Å². The van der Waals surface area contributed by atoms with Crippen LogP contribution in [-0.2, 0) is 13.6 Å². The average molecular weight is 340 g/mol. The summed E-state index contributed by atoms with van der Waals surface area (Å²) in [5.74, 6) is 0.770. The second kappa shape index (κ2) is 6.96. The number of carbonyl (C=O) groups excluding carboxylic acids is 1. The normalized spacial score (nSPS) is 12.3. The Hall–Kier alpha value is -2.83. The molecule has 0 aliphatic carbocycles. The smallest absolute Gasteiger partial charge is 0.318 e. The molecule has 0 aliphatic rings. The molecule has 2 N–H and O–H groups in total. The number of urea groups is 1. The van der Waals surface area contributed by atoms with Gasteiger partial charge in [0.05, 0.1) is 29.3 Å². The van der Waals surface area contributed by atoms with Crippen molar-refractivity contribution in [3.8, 4) is 0 Å². The van der Waals surface area contributed by atoms with Gasteiger partial charge in [-0.25, -0.2) is 9.78 Å². The number of aromatic nitrogens is 4. The summed E-state index contributed by atoms with van der Waals surface area (Å²) in [5.41, 5.74) is 4.07. The highest BCUT2D eigenvalue weighted by atomic mass is 16.2. The van der Waals surface area contributed by atoms with E-state index in [0.29, 0.717) is 6.54 Å². The van der Waals surface area contributed by atoms with Crippen molar-refractivity contribution >= 4 is 17.1 Å². The second-order valence-corrected chi connectivity index (χ2v) is 6.35. The van der Waals surface area contributed by atoms with Crippen LogP contribution >= 0.6 is 0 Å². The number of nitrogens with zero attached hydrogens (tertiary/aromatic N) is 4. The summed E-state index contributed by atoms with van der Waals surface area (Å²) in [6, 6.07) is 7.80. The number of aryl methyl sites for hydroxylation is 2. The molecular weight excluding hydrogens is 316 g/mol. The number of carbonyl (C=O) groups is 1. The van der Waals surface area contributed by atoms with Crippen molar-refractivity contribution in [3.05, 3.63) is 47.5 Å². The Labute approximate surface area is 147 Å². The van der Waals surface area contributed by atoms with Crippen molar-refractivity contribution in [1.29, 1.82) is 0 Å². The maximum Gasteiger partial charge on any atom is 0.318 e. The number of fused-ring (bicyclic) bond motifs is 1. The van der Waals surface area contributed by atoms with E-state index in [0.717, 1.165) is 29.0 Å². The molecule has 0 saturated carbocycles. The first-order valence-corrected chi connectivity index (χ1v) is 8.42. The van der Waals surface area contributed by atoms with E-state index in [1.807, 2.05) is 39.1 Å². The van der Waals surface area contributed by atoms with Crippen LogP contribution < -0.4 is 5.32 Å². The number of hydrogen-bond donors (Lipinski definition) is 2. The van der Waals surface area contributed by atoms with Crippen LogP contribution in [0.1, 0.15) is 36.5 Å². The van der Waals surface area contributed by atoms with Crippen LogP contribution in [0.4, 0.5) is 4.79 Å². The van der Waals surface area contributed by atoms with Gasteiger partial charge in [0.2, 0.25) is 0 Å². The van der Waals surface area contributed by atoms with Crippen molar-refractivity contribution in [3.63, 3.8) is 0 Å². The van der Waals surface area contributed by atoms with E-state index in [2.05, 4.69) is 26.4 Å². The Balaban J connectivity index is 1.68. The minimum Gasteiger partial charge on any atom is -0.340 e. The lowest BCUT2D eigenvalue weighted by atomic mass is 10.1. The first-order valence-electron chi connectivity index (χ1n) is 8.42. The molecule has 3 aromatic rings. The van der Waals surface area contributed by atoms with Crippen molar-refractivity contribution in [2.45, 2.75) is 32.9 Å². The quantitative estimate of drug-likeness (QED) is 0.749. The van der Waals surface area contributed by atoms with E-state index in [1.165, 1.54) is 5.56 Å². The Bertz CT molecular complexity index is 881. The van der Waals surface area contributed by atoms with Crippen LogP contribution in [0.2, 0.25) is 0 Å². The van der Waals surface area contributed by atoms with E-state index >= 15 is 0 Å². The fourth-order valence-electron chi connectivity index (χ4n) is 2.92. The third-order valence-electron chi connectivity index (χ3n) is 4.34. The molecule has 2 amide bonds. The molecule has 1 atom stereocenters. The molecule has 7 nitrogen and oxygen atoms in total. The van der Waals surface area contributed by atoms with Crippen LogP contribution in [0.25, 0.3) is 11.0 Å². The molecule has 132 valence electrons. The molecule has 1 unspecified atom stereocenters. The standard InChI is InChI=1S/C18H24N6O/c1-5-13(16-8-9-19-24(16)4)22-18(25)23(3)11-17-20-14-7-6-12(2)10-15(14)21-17/h6-10,13H,5,11H2,1-4H3,(H,20,21)(H,22,25). The lowest BCUT2D eigenvalue weighted by Gasteiger charge is -2.22. The van der Waals surface area contributed by atoms with Crippen molar-refractivity contribution in [1.82, 2.24) is 30.0 Å². The van der Waals surface area contributed by atoms with Crippen molar-refractivity contribution in [2.75, 3.05) is 7.05 Å². The van der Waals surface area contributed by atoms with Gasteiger partial charge < -0.3 is 15.2 Å². The second-order valence-electron chi connectivity index (χ2n) is 6.35. The number of amides is 2. The highest BCUT2D eigenvalue weighted by molar-refractivity contribution is 5.76. The SMILES string of the molecule is CCC(NC(=O)N(C)Cc1nc2ccc(C)cc2[nH]1)c1ccnn1C. The Morgan fingerprint density at radius 3 is 2.88 bits per heavy atom. The van der Waals surface area contributed by atoms with Gasteiger partial charge in [0, 0.05) is 20.3 Å². The number of nitrogens with one attached hydrogen (secondary N) is 2. The Morgan fingerprint density at radius 2 is 2.20 bits per heavy atom. The molecule has 0 radical (unpaired) electrons. The highest BCUT2D eigenvalue weighted by Crippen LogP contribution is 2.17. The summed E-state index contributed by atoms with van der Waals surface area (Å²) in [6.07, 6.45) is 2.54. The third-order valence-corrected chi connectivity index (χ3v) is 4.34. The molecule has 2 heterocycles. The average Bonchev–Trinajstić information content (AvgIpc) is 3.17. The maximum absolute atomic E-state index is 12.5. The molecule has 0 spiro atoms. The summed E-state index contributed by atoms with van der Waals surface area (Å²) in [5, 5.41) is 7.23. The van der Waals surface area contributed by atoms with Gasteiger partial charge >= 0.3 is 6.03 Å². The largest absolute Gasteiger partial charge is 0.340 e. The zero-order chi connectivity index (χ0) is 18.0. The lowest BCUT2D eigenvalue weighted by Crippen LogP contribution is -2.39. The minimum absolute atomic E-state index is 0.0687. The number of benzene rings is 1. The molecule has 1 aromatic carbocycles. The molecule has 0 bridgehead atoms. The predicted molar refractivity (Wildman–Crippen MR) is 97.1 cm³/mol. The van der Waals surface area contributed by atoms with E-state index in [4.69, 9.17) is 0 Å². The number of H-pyrrole nitrogens is 1. The highest BCUT2D eigenvalue weighted by Gasteiger charge is 2.19. The summed E-state index contributed by atoms with van der Waals surface area (Å²) < 4.78 is 1.79. The first-order chi connectivity index (χ1) is 12.0. The van der Waals surface area contributed by atoms with Crippen LogP contribution in [0, 0.1) is 6.92 Å². The minimum atomic E-state index is -0.135. The summed E-state index contributed by atoms with van der Waals surface area (Å²) in [6.45, 7) is 4.50. The molecular formula is C18H24N6O. The van der Waals surface area contributed by atoms with Gasteiger partial charge in [0.15, 0.2) is 0 Å². The summed E-state index contributed by atoms with van der Waals surface area (Å²) in [4.78, 5) is 22.0. The van der Waals surface area contributed by atoms with Gasteiger partial charge in [0.1, 0.15) is 5.82 Å². The summed E-state index contributed by atoms with van der Waals surface area (Å²) in [7, 11) is 3.65. The van der Waals surface area contributed by atoms with E-state index in [1.54, 1.807) is 22.8 Å². The fraction of sp³-hybridized carbons (Fsp3) is 0.389. The van der Waals surface area contributed by atoms with Gasteiger partial charge in [-0.15, -0.1) is 0 Å². The molecule has 0 aliphatic heterocycles. The summed E-state index contributed by atoms with van der Waals surface area (Å²) >= 11 is 0. The maximum atomic E-state index is 12.5. The zero-order valence-corrected chi connectivity index (χ0v) is 15.1. The van der Waals surface area contributed by atoms with Crippen LogP contribution in [0.15, 0.2) is 30.5 Å². The topological polar surface area (TPSA) is 78.8 Å². The number of imidazole rings is 1. The first kappa shape index (κ1) is 17.0. The van der Waals surface area contributed by atoms with Gasteiger partial charge in [-0.2, -0.15) is 5.10 Å². The molecule has 0 saturated heterocycles. The molecule has 25 heavy (non-hydrogen) atoms. The van der Waals surface area contributed by atoms with Crippen molar-refractivity contribution in [2.24, 2.45) is 7.05 Å². The van der Waals surface area contributed by atoms with Gasteiger partial charge in [0.25, 0.3) is 0 Å². The van der Waals surface area contributed by atoms with Crippen LogP contribution in [-0.4, -0.2) is 37.7 Å². The number of rotatable bonds is 5. The molecule has 7 heteroatoms. The van der Waals surface area contributed by atoms with Crippen molar-refractivity contribution < 1.29 is 4.79 Å². The number of aromatic amines is 1. The molecule has 3 rings (SSSR count). The van der Waals surface area contributed by atoms with Crippen LogP contribution in [0.3, 0.4) is 0 Å². The number of hydrogen-bond acceptors (Lipinski definition) is 3. The Kier molecular flexibility index (Phi) is 4.74. The predicted octanol–water partition coefficient (Wildman–Crippen LogP) is 2.90. The zero-order valence-electron chi connectivity index (χ0n) is 15.1.